The van der Waals surface area contributed by atoms with E-state index in [1.165, 1.54) is 19.3 Å². The minimum absolute atomic E-state index is 0. The van der Waals surface area contributed by atoms with Gasteiger partial charge in [0.15, 0.2) is 0 Å². The SMILES string of the molecule is CCCCCCCCC(=O)C[N+](=O)[O-].[Ca+2]. The van der Waals surface area contributed by atoms with E-state index in [9.17, 15) is 14.9 Å². The van der Waals surface area contributed by atoms with E-state index in [-0.39, 0.29) is 43.5 Å². The molecule has 0 saturated carbocycles. The van der Waals surface area contributed by atoms with Crippen LogP contribution in [0.2, 0.25) is 0 Å². The Labute approximate surface area is 121 Å². The van der Waals surface area contributed by atoms with Gasteiger partial charge in [-0.3, -0.25) is 14.9 Å². The number of Topliss-reactive ketones (excluding diaryl/α,β-unsaturated/α-hetero) is 1. The van der Waals surface area contributed by atoms with Gasteiger partial charge in [-0.25, -0.2) is 0 Å². The average Bonchev–Trinajstić information content (AvgIpc) is 2.10. The fourth-order valence-corrected chi connectivity index (χ4v) is 1.33. The van der Waals surface area contributed by atoms with E-state index in [4.69, 9.17) is 0 Å². The van der Waals surface area contributed by atoms with Gasteiger partial charge < -0.3 is 0 Å². The average molecular weight is 241 g/mol. The Balaban J connectivity index is 0. The van der Waals surface area contributed by atoms with Crippen molar-refractivity contribution in [3.63, 3.8) is 0 Å². The molecule has 5 heteroatoms. The Morgan fingerprint density at radius 1 is 1.13 bits per heavy atom. The zero-order valence-electron chi connectivity index (χ0n) is 9.54. The van der Waals surface area contributed by atoms with Gasteiger partial charge in [-0.2, -0.15) is 0 Å². The maximum absolute atomic E-state index is 10.9. The summed E-state index contributed by atoms with van der Waals surface area (Å²) in [5, 5.41) is 9.97. The van der Waals surface area contributed by atoms with Crippen molar-refractivity contribution in [3.05, 3.63) is 10.1 Å². The van der Waals surface area contributed by atoms with Crippen LogP contribution in [0.25, 0.3) is 0 Å². The molecule has 0 bridgehead atoms. The van der Waals surface area contributed by atoms with Gasteiger partial charge in [0.25, 0.3) is 6.54 Å². The van der Waals surface area contributed by atoms with Gasteiger partial charge in [-0.1, -0.05) is 39.0 Å². The Bertz CT molecular complexity index is 186. The Kier molecular flexibility index (Phi) is 14.6. The molecule has 0 aromatic carbocycles. The van der Waals surface area contributed by atoms with Crippen molar-refractivity contribution in [2.45, 2.75) is 51.9 Å². The molecular weight excluding hydrogens is 222 g/mol. The molecule has 0 spiro atoms. The molecule has 0 fully saturated rings. The fraction of sp³-hybridized carbons (Fsp3) is 0.900. The number of hydrogen-bond acceptors (Lipinski definition) is 3. The second-order valence-corrected chi connectivity index (χ2v) is 3.55. The number of hydrogen-bond donors (Lipinski definition) is 0. The molecule has 0 saturated heterocycles. The van der Waals surface area contributed by atoms with Crippen molar-refractivity contribution in [3.8, 4) is 0 Å². The van der Waals surface area contributed by atoms with Gasteiger partial charge in [0, 0.05) is 11.3 Å². The molecule has 0 aliphatic heterocycles. The van der Waals surface area contributed by atoms with Crippen molar-refractivity contribution in [2.24, 2.45) is 0 Å². The van der Waals surface area contributed by atoms with Gasteiger partial charge in [0.2, 0.25) is 5.78 Å². The molecule has 0 amide bonds. The van der Waals surface area contributed by atoms with Crippen LogP contribution in [-0.4, -0.2) is 55.0 Å². The second kappa shape index (κ2) is 12.4. The molecule has 0 aromatic rings. The van der Waals surface area contributed by atoms with Crippen LogP contribution < -0.4 is 0 Å². The molecule has 0 atom stereocenters. The molecule has 4 nitrogen and oxygen atoms in total. The Morgan fingerprint density at radius 2 is 1.67 bits per heavy atom. The van der Waals surface area contributed by atoms with Crippen LogP contribution in [0.3, 0.4) is 0 Å². The summed E-state index contributed by atoms with van der Waals surface area (Å²) in [5.74, 6) is -0.245. The molecular formula is C10H19CaNO3+2. The van der Waals surface area contributed by atoms with Crippen LogP contribution in [0.15, 0.2) is 0 Å². The normalized spacial score (nSPS) is 9.40. The number of carbonyl (C=O) groups excluding carboxylic acids is 1. The molecule has 0 aliphatic carbocycles. The van der Waals surface area contributed by atoms with E-state index in [1.807, 2.05) is 0 Å². The van der Waals surface area contributed by atoms with Crippen LogP contribution >= 0.6 is 0 Å². The number of nitro groups is 1. The largest absolute Gasteiger partial charge is 2.00 e. The van der Waals surface area contributed by atoms with E-state index in [0.29, 0.717) is 6.42 Å². The van der Waals surface area contributed by atoms with Gasteiger partial charge in [0.05, 0.1) is 0 Å². The molecule has 82 valence electrons. The maximum Gasteiger partial charge on any atom is 2.00 e. The molecule has 0 aromatic heterocycles. The van der Waals surface area contributed by atoms with Gasteiger partial charge >= 0.3 is 37.7 Å². The van der Waals surface area contributed by atoms with E-state index >= 15 is 0 Å². The van der Waals surface area contributed by atoms with Crippen molar-refractivity contribution in [1.82, 2.24) is 0 Å². The summed E-state index contributed by atoms with van der Waals surface area (Å²) in [6, 6.07) is 0. The Hall–Kier alpha value is 0.330. The number of rotatable bonds is 9. The molecule has 0 heterocycles. The fourth-order valence-electron chi connectivity index (χ4n) is 1.33. The minimum Gasteiger partial charge on any atom is -0.292 e. The van der Waals surface area contributed by atoms with Gasteiger partial charge in [-0.15, -0.1) is 0 Å². The predicted molar refractivity (Wildman–Crippen MR) is 60.6 cm³/mol. The molecule has 0 radical (unpaired) electrons. The van der Waals surface area contributed by atoms with E-state index < -0.39 is 11.5 Å². The maximum atomic E-state index is 10.9. The standard InChI is InChI=1S/C10H19NO3.Ca/c1-2-3-4-5-6-7-8-10(12)9-11(13)14;/h2-9H2,1H3;/q;+2. The van der Waals surface area contributed by atoms with Gasteiger partial charge in [-0.05, 0) is 6.42 Å². The van der Waals surface area contributed by atoms with E-state index in [1.54, 1.807) is 0 Å². The third kappa shape index (κ3) is 14.3. The zero-order chi connectivity index (χ0) is 10.8. The first-order valence-electron chi connectivity index (χ1n) is 5.30. The first kappa shape index (κ1) is 17.7. The predicted octanol–water partition coefficient (Wildman–Crippen LogP) is 2.20. The molecule has 0 N–H and O–H groups in total. The van der Waals surface area contributed by atoms with Crippen LogP contribution in [-0.2, 0) is 4.79 Å². The third-order valence-electron chi connectivity index (χ3n) is 2.11. The summed E-state index contributed by atoms with van der Waals surface area (Å²) in [7, 11) is 0. The summed E-state index contributed by atoms with van der Waals surface area (Å²) in [4.78, 5) is 20.3. The summed E-state index contributed by atoms with van der Waals surface area (Å²) in [5.41, 5.74) is 0. The first-order chi connectivity index (χ1) is 6.66. The summed E-state index contributed by atoms with van der Waals surface area (Å²) < 4.78 is 0. The number of nitrogens with zero attached hydrogens (tertiary/aromatic N) is 1. The first-order valence-corrected chi connectivity index (χ1v) is 5.30. The summed E-state index contributed by atoms with van der Waals surface area (Å²) in [6.07, 6.45) is 6.98. The number of carbonyl (C=O) groups is 1. The monoisotopic (exact) mass is 241 g/mol. The van der Waals surface area contributed by atoms with Crippen molar-refractivity contribution < 1.29 is 9.72 Å². The molecule has 0 unspecified atom stereocenters. The zero-order valence-corrected chi connectivity index (χ0v) is 11.7. The molecule has 0 rings (SSSR count). The number of ketones is 1. The summed E-state index contributed by atoms with van der Waals surface area (Å²) in [6.45, 7) is 1.65. The van der Waals surface area contributed by atoms with Crippen LogP contribution in [0.1, 0.15) is 51.9 Å². The summed E-state index contributed by atoms with van der Waals surface area (Å²) >= 11 is 0. The van der Waals surface area contributed by atoms with Crippen LogP contribution in [0.5, 0.6) is 0 Å². The van der Waals surface area contributed by atoms with Crippen molar-refractivity contribution in [2.75, 3.05) is 6.54 Å². The van der Waals surface area contributed by atoms with Gasteiger partial charge in [0.1, 0.15) is 0 Å². The topological polar surface area (TPSA) is 60.2 Å². The smallest absolute Gasteiger partial charge is 0.292 e. The van der Waals surface area contributed by atoms with Crippen molar-refractivity contribution in [1.29, 1.82) is 0 Å². The molecule has 0 aliphatic rings. The second-order valence-electron chi connectivity index (χ2n) is 3.55. The van der Waals surface area contributed by atoms with E-state index in [2.05, 4.69) is 6.92 Å². The van der Waals surface area contributed by atoms with E-state index in [0.717, 1.165) is 19.3 Å². The quantitative estimate of drug-likeness (QED) is 0.269. The number of unbranched alkanes of at least 4 members (excludes halogenated alkanes) is 5. The van der Waals surface area contributed by atoms with Crippen molar-refractivity contribution >= 4 is 43.5 Å². The third-order valence-corrected chi connectivity index (χ3v) is 2.11. The van der Waals surface area contributed by atoms with Crippen LogP contribution in [0, 0.1) is 10.1 Å². The minimum atomic E-state index is -0.556. The Morgan fingerprint density at radius 3 is 2.20 bits per heavy atom. The van der Waals surface area contributed by atoms with Crippen LogP contribution in [0.4, 0.5) is 0 Å². The molecule has 15 heavy (non-hydrogen) atoms.